The Labute approximate surface area is 117 Å². The number of hydrogen-bond donors (Lipinski definition) is 0. The number of hydrogen-bond acceptors (Lipinski definition) is 2. The van der Waals surface area contributed by atoms with Crippen molar-refractivity contribution in [1.82, 2.24) is 0 Å². The number of ether oxygens (including phenoxy) is 1. The Morgan fingerprint density at radius 3 is 2.74 bits per heavy atom. The van der Waals surface area contributed by atoms with Crippen LogP contribution in [0, 0.1) is 5.92 Å². The van der Waals surface area contributed by atoms with E-state index in [1.807, 2.05) is 19.1 Å². The molecule has 19 heavy (non-hydrogen) atoms. The summed E-state index contributed by atoms with van der Waals surface area (Å²) in [5.41, 5.74) is 1.26. The van der Waals surface area contributed by atoms with E-state index < -0.39 is 0 Å². The second-order valence-electron chi connectivity index (χ2n) is 5.49. The summed E-state index contributed by atoms with van der Waals surface area (Å²) in [7, 11) is 0. The minimum atomic E-state index is 0.384. The van der Waals surface area contributed by atoms with Crippen LogP contribution in [0.2, 0.25) is 0 Å². The van der Waals surface area contributed by atoms with Crippen molar-refractivity contribution in [3.8, 4) is 5.75 Å². The predicted molar refractivity (Wildman–Crippen MR) is 79.6 cm³/mol. The Morgan fingerprint density at radius 1 is 1.26 bits per heavy atom. The van der Waals surface area contributed by atoms with Gasteiger partial charge in [-0.25, -0.2) is 0 Å². The molecule has 0 radical (unpaired) electrons. The summed E-state index contributed by atoms with van der Waals surface area (Å²) in [6.07, 6.45) is 4.26. The summed E-state index contributed by atoms with van der Waals surface area (Å²) in [5, 5.41) is 0. The monoisotopic (exact) mass is 262 g/mol. The average molecular weight is 262 g/mol. The molecule has 0 aliphatic heterocycles. The van der Waals surface area contributed by atoms with Crippen LogP contribution in [0.1, 0.15) is 52.0 Å². The molecule has 2 nitrogen and oxygen atoms in total. The first kappa shape index (κ1) is 15.7. The van der Waals surface area contributed by atoms with E-state index >= 15 is 0 Å². The smallest absolute Gasteiger partial charge is 0.132 e. The number of benzene rings is 1. The third-order valence-electron chi connectivity index (χ3n) is 2.93. The van der Waals surface area contributed by atoms with Crippen molar-refractivity contribution in [3.63, 3.8) is 0 Å². The lowest BCUT2D eigenvalue weighted by molar-refractivity contribution is -0.119. The first-order valence-corrected chi connectivity index (χ1v) is 7.35. The molecule has 1 aromatic carbocycles. The molecule has 0 aliphatic carbocycles. The molecule has 106 valence electrons. The van der Waals surface area contributed by atoms with Gasteiger partial charge in [-0.1, -0.05) is 32.9 Å². The molecule has 1 rings (SSSR count). The maximum Gasteiger partial charge on any atom is 0.132 e. The van der Waals surface area contributed by atoms with Gasteiger partial charge in [-0.15, -0.1) is 0 Å². The minimum Gasteiger partial charge on any atom is -0.493 e. The second-order valence-corrected chi connectivity index (χ2v) is 5.49. The molecule has 0 N–H and O–H groups in total. The highest BCUT2D eigenvalue weighted by Gasteiger charge is 2.02. The zero-order chi connectivity index (χ0) is 14.1. The zero-order valence-corrected chi connectivity index (χ0v) is 12.4. The molecule has 0 atom stereocenters. The van der Waals surface area contributed by atoms with Gasteiger partial charge in [-0.3, -0.25) is 4.79 Å². The summed E-state index contributed by atoms with van der Waals surface area (Å²) in [6.45, 7) is 7.08. The van der Waals surface area contributed by atoms with Gasteiger partial charge in [0.25, 0.3) is 0 Å². The van der Waals surface area contributed by atoms with Gasteiger partial charge < -0.3 is 4.74 Å². The van der Waals surface area contributed by atoms with Gasteiger partial charge in [0.1, 0.15) is 11.5 Å². The van der Waals surface area contributed by atoms with E-state index in [1.165, 1.54) is 5.56 Å². The van der Waals surface area contributed by atoms with Crippen LogP contribution in [-0.2, 0) is 11.2 Å². The van der Waals surface area contributed by atoms with Crippen LogP contribution in [-0.4, -0.2) is 12.4 Å². The van der Waals surface area contributed by atoms with Gasteiger partial charge in [-0.2, -0.15) is 0 Å². The standard InChI is InChI=1S/C17H26O2/c1-4-7-16(18)10-5-8-15-9-6-11-17(12-15)19-13-14(2)3/h6,9,11-12,14H,4-5,7-8,10,13H2,1-3H3. The number of carbonyl (C=O) groups excluding carboxylic acids is 1. The van der Waals surface area contributed by atoms with E-state index in [1.54, 1.807) is 0 Å². The molecule has 0 bridgehead atoms. The summed E-state index contributed by atoms with van der Waals surface area (Å²) in [4.78, 5) is 11.5. The molecule has 0 amide bonds. The van der Waals surface area contributed by atoms with Crippen molar-refractivity contribution in [2.75, 3.05) is 6.61 Å². The van der Waals surface area contributed by atoms with Crippen LogP contribution in [0.3, 0.4) is 0 Å². The fraction of sp³-hybridized carbons (Fsp3) is 0.588. The van der Waals surface area contributed by atoms with Gasteiger partial charge in [-0.05, 0) is 42.9 Å². The Balaban J connectivity index is 2.37. The topological polar surface area (TPSA) is 26.3 Å². The highest BCUT2D eigenvalue weighted by Crippen LogP contribution is 2.16. The van der Waals surface area contributed by atoms with Crippen molar-refractivity contribution >= 4 is 5.78 Å². The lowest BCUT2D eigenvalue weighted by Crippen LogP contribution is -2.04. The van der Waals surface area contributed by atoms with E-state index in [4.69, 9.17) is 4.74 Å². The quantitative estimate of drug-likeness (QED) is 0.658. The van der Waals surface area contributed by atoms with Crippen LogP contribution in [0.4, 0.5) is 0 Å². The normalized spacial score (nSPS) is 10.7. The van der Waals surface area contributed by atoms with E-state index in [0.717, 1.165) is 38.0 Å². The summed E-state index contributed by atoms with van der Waals surface area (Å²) in [5.74, 6) is 1.86. The van der Waals surface area contributed by atoms with Crippen molar-refractivity contribution in [1.29, 1.82) is 0 Å². The molecule has 0 saturated carbocycles. The van der Waals surface area contributed by atoms with Crippen LogP contribution < -0.4 is 4.74 Å². The second kappa shape index (κ2) is 8.73. The lowest BCUT2D eigenvalue weighted by atomic mass is 10.0. The molecule has 2 heteroatoms. The van der Waals surface area contributed by atoms with Crippen molar-refractivity contribution in [3.05, 3.63) is 29.8 Å². The fourth-order valence-electron chi connectivity index (χ4n) is 1.95. The number of carbonyl (C=O) groups is 1. The van der Waals surface area contributed by atoms with Crippen LogP contribution >= 0.6 is 0 Å². The maximum absolute atomic E-state index is 11.5. The summed E-state index contributed by atoms with van der Waals surface area (Å²) < 4.78 is 5.71. The molecular formula is C17H26O2. The predicted octanol–water partition coefficient (Wildman–Crippen LogP) is 4.41. The number of rotatable bonds is 9. The Bertz CT molecular complexity index is 383. The molecule has 0 unspecified atom stereocenters. The molecule has 0 spiro atoms. The third kappa shape index (κ3) is 7.00. The first-order valence-electron chi connectivity index (χ1n) is 7.35. The van der Waals surface area contributed by atoms with Crippen molar-refractivity contribution in [2.45, 2.75) is 52.9 Å². The average Bonchev–Trinajstić information content (AvgIpc) is 2.37. The van der Waals surface area contributed by atoms with E-state index in [-0.39, 0.29) is 0 Å². The van der Waals surface area contributed by atoms with Crippen molar-refractivity contribution in [2.24, 2.45) is 5.92 Å². The molecule has 0 fully saturated rings. The number of aryl methyl sites for hydroxylation is 1. The van der Waals surface area contributed by atoms with E-state index in [2.05, 4.69) is 26.0 Å². The molecule has 0 aromatic heterocycles. The van der Waals surface area contributed by atoms with Gasteiger partial charge >= 0.3 is 0 Å². The Hall–Kier alpha value is -1.31. The summed E-state index contributed by atoms with van der Waals surface area (Å²) >= 11 is 0. The first-order chi connectivity index (χ1) is 9.11. The van der Waals surface area contributed by atoms with Crippen LogP contribution in [0.15, 0.2) is 24.3 Å². The maximum atomic E-state index is 11.5. The largest absolute Gasteiger partial charge is 0.493 e. The molecule has 0 heterocycles. The molecule has 0 aliphatic rings. The zero-order valence-electron chi connectivity index (χ0n) is 12.4. The van der Waals surface area contributed by atoms with E-state index in [0.29, 0.717) is 18.1 Å². The molecular weight excluding hydrogens is 236 g/mol. The Kier molecular flexibility index (Phi) is 7.24. The van der Waals surface area contributed by atoms with Crippen LogP contribution in [0.25, 0.3) is 0 Å². The van der Waals surface area contributed by atoms with Crippen LogP contribution in [0.5, 0.6) is 5.75 Å². The molecule has 0 saturated heterocycles. The molecule has 1 aromatic rings. The number of Topliss-reactive ketones (excluding diaryl/α,β-unsaturated/α-hetero) is 1. The van der Waals surface area contributed by atoms with E-state index in [9.17, 15) is 4.79 Å². The minimum absolute atomic E-state index is 0.384. The van der Waals surface area contributed by atoms with Gasteiger partial charge in [0.2, 0.25) is 0 Å². The summed E-state index contributed by atoms with van der Waals surface area (Å²) in [6, 6.07) is 8.21. The van der Waals surface area contributed by atoms with Gasteiger partial charge in [0.15, 0.2) is 0 Å². The fourth-order valence-corrected chi connectivity index (χ4v) is 1.95. The Morgan fingerprint density at radius 2 is 2.05 bits per heavy atom. The lowest BCUT2D eigenvalue weighted by Gasteiger charge is -2.10. The van der Waals surface area contributed by atoms with Gasteiger partial charge in [0.05, 0.1) is 6.61 Å². The van der Waals surface area contributed by atoms with Crippen molar-refractivity contribution < 1.29 is 9.53 Å². The third-order valence-corrected chi connectivity index (χ3v) is 2.93. The SMILES string of the molecule is CCCC(=O)CCCc1cccc(OCC(C)C)c1. The van der Waals surface area contributed by atoms with Gasteiger partial charge in [0, 0.05) is 12.8 Å². The number of ketones is 1. The highest BCUT2D eigenvalue weighted by atomic mass is 16.5. The highest BCUT2D eigenvalue weighted by molar-refractivity contribution is 5.78.